The van der Waals surface area contributed by atoms with Crippen LogP contribution in [0, 0.1) is 0 Å². The van der Waals surface area contributed by atoms with Crippen LogP contribution in [0.2, 0.25) is 0 Å². The van der Waals surface area contributed by atoms with Crippen molar-refractivity contribution in [3.63, 3.8) is 0 Å². The summed E-state index contributed by atoms with van der Waals surface area (Å²) >= 11 is 0. The van der Waals surface area contributed by atoms with Gasteiger partial charge in [0.05, 0.1) is 11.1 Å². The molecule has 11 nitrogen and oxygen atoms in total. The largest absolute Gasteiger partial charge is 0.534 e. The maximum Gasteiger partial charge on any atom is 0.534 e. The van der Waals surface area contributed by atoms with Crippen LogP contribution in [-0.4, -0.2) is 45.4 Å². The summed E-state index contributed by atoms with van der Waals surface area (Å²) < 4.78 is 150. The topological polar surface area (TPSA) is 149 Å². The van der Waals surface area contributed by atoms with Gasteiger partial charge in [-0.3, -0.25) is 0 Å². The Hall–Kier alpha value is -4.52. The molecule has 3 aromatic rings. The molecule has 2 aliphatic heterocycles. The van der Waals surface area contributed by atoms with Gasteiger partial charge < -0.3 is 22.6 Å². The third kappa shape index (κ3) is 5.57. The summed E-state index contributed by atoms with van der Waals surface area (Å²) in [7, 11) is -12.4. The van der Waals surface area contributed by atoms with Gasteiger partial charge in [-0.05, 0) is 63.2 Å². The van der Waals surface area contributed by atoms with Crippen molar-refractivity contribution >= 4 is 32.2 Å². The molecule has 2 aliphatic rings. The summed E-state index contributed by atoms with van der Waals surface area (Å²) in [4.78, 5) is 26.1. The van der Waals surface area contributed by atoms with Crippen molar-refractivity contribution in [3.05, 3.63) is 82.4 Å². The van der Waals surface area contributed by atoms with Crippen LogP contribution in [0.3, 0.4) is 0 Å². The minimum Gasteiger partial charge on any atom is -0.456 e. The zero-order valence-electron chi connectivity index (χ0n) is 23.3. The molecule has 3 aromatic carbocycles. The Balaban J connectivity index is 1.73. The van der Waals surface area contributed by atoms with E-state index in [-0.39, 0.29) is 27.8 Å². The molecule has 0 bridgehead atoms. The SMILES string of the molecule is CC(C)(C)OC(=O)c1ccc2c(c1)C1(OC2=O)c2ccc(OS(=O)(=O)C(F)(F)F)cc2Oc2cc(OS(=O)(=O)C(F)(F)F)ccc21. The van der Waals surface area contributed by atoms with Crippen LogP contribution in [0.25, 0.3) is 0 Å². The Morgan fingerprint density at radius 2 is 1.20 bits per heavy atom. The lowest BCUT2D eigenvalue weighted by Gasteiger charge is -2.36. The third-order valence-corrected chi connectivity index (χ3v) is 8.32. The molecule has 46 heavy (non-hydrogen) atoms. The molecular weight excluding hydrogens is 678 g/mol. The number of ether oxygens (including phenoxy) is 3. The molecule has 5 rings (SSSR count). The molecule has 0 aliphatic carbocycles. The number of rotatable bonds is 5. The first kappa shape index (κ1) is 32.9. The van der Waals surface area contributed by atoms with Crippen LogP contribution in [-0.2, 0) is 35.3 Å². The number of hydrogen-bond acceptors (Lipinski definition) is 11. The Bertz CT molecular complexity index is 1920. The van der Waals surface area contributed by atoms with Gasteiger partial charge in [0, 0.05) is 28.8 Å². The van der Waals surface area contributed by atoms with Crippen LogP contribution < -0.4 is 13.1 Å². The van der Waals surface area contributed by atoms with Gasteiger partial charge in [-0.15, -0.1) is 0 Å². The molecule has 0 unspecified atom stereocenters. The lowest BCUT2D eigenvalue weighted by atomic mass is 9.77. The minimum atomic E-state index is -6.18. The summed E-state index contributed by atoms with van der Waals surface area (Å²) in [5, 5.41) is 0. The lowest BCUT2D eigenvalue weighted by molar-refractivity contribution is -0.0504. The summed E-state index contributed by atoms with van der Waals surface area (Å²) in [5.41, 5.74) is -15.3. The molecule has 19 heteroatoms. The summed E-state index contributed by atoms with van der Waals surface area (Å²) in [6.45, 7) is 4.78. The molecule has 0 radical (unpaired) electrons. The average Bonchev–Trinajstić information content (AvgIpc) is 3.17. The standard InChI is InChI=1S/C27H18F6O11S2/c1-24(2,3)41-22(34)13-4-7-16-19(10-13)25(42-23(16)35)17-8-5-14(43-45(36,37)26(28,29)30)11-20(17)40-21-12-15(6-9-18(21)25)44-46(38,39)27(31,32)33/h4-12H,1-3H3. The van der Waals surface area contributed by atoms with E-state index in [1.54, 1.807) is 20.8 Å². The molecule has 246 valence electrons. The van der Waals surface area contributed by atoms with Crippen molar-refractivity contribution in [2.75, 3.05) is 0 Å². The zero-order valence-corrected chi connectivity index (χ0v) is 24.9. The number of benzene rings is 3. The Kier molecular flexibility index (Phi) is 7.32. The maximum absolute atomic E-state index is 13.2. The van der Waals surface area contributed by atoms with Gasteiger partial charge in [-0.2, -0.15) is 43.2 Å². The molecule has 0 atom stereocenters. The summed E-state index contributed by atoms with van der Waals surface area (Å²) in [6.07, 6.45) is 0. The monoisotopic (exact) mass is 696 g/mol. The van der Waals surface area contributed by atoms with Crippen LogP contribution in [0.15, 0.2) is 54.6 Å². The average molecular weight is 697 g/mol. The highest BCUT2D eigenvalue weighted by Gasteiger charge is 2.55. The number of hydrogen-bond donors (Lipinski definition) is 0. The quantitative estimate of drug-likeness (QED) is 0.141. The molecule has 1 spiro atoms. The smallest absolute Gasteiger partial charge is 0.456 e. The second-order valence-electron chi connectivity index (χ2n) is 10.7. The number of fused-ring (bicyclic) bond motifs is 6. The third-order valence-electron chi connectivity index (χ3n) is 6.36. The van der Waals surface area contributed by atoms with Crippen molar-refractivity contribution in [3.8, 4) is 23.0 Å². The van der Waals surface area contributed by atoms with E-state index >= 15 is 0 Å². The van der Waals surface area contributed by atoms with Crippen LogP contribution >= 0.6 is 0 Å². The van der Waals surface area contributed by atoms with Gasteiger partial charge in [-0.1, -0.05) is 0 Å². The first-order valence-electron chi connectivity index (χ1n) is 12.5. The first-order valence-corrected chi connectivity index (χ1v) is 15.4. The van der Waals surface area contributed by atoms with Gasteiger partial charge >= 0.3 is 43.2 Å². The van der Waals surface area contributed by atoms with E-state index in [0.717, 1.165) is 24.3 Å². The summed E-state index contributed by atoms with van der Waals surface area (Å²) in [5.74, 6) is -4.74. The van der Waals surface area contributed by atoms with Crippen LogP contribution in [0.5, 0.6) is 23.0 Å². The van der Waals surface area contributed by atoms with Gasteiger partial charge in [0.15, 0.2) is 5.60 Å². The number of esters is 2. The van der Waals surface area contributed by atoms with Crippen LogP contribution in [0.1, 0.15) is 58.2 Å². The highest BCUT2D eigenvalue weighted by Crippen LogP contribution is 2.57. The molecular formula is C27H18F6O11S2. The van der Waals surface area contributed by atoms with Gasteiger partial charge in [-0.25, -0.2) is 9.59 Å². The molecule has 0 fully saturated rings. The van der Waals surface area contributed by atoms with Crippen molar-refractivity contribution in [1.82, 2.24) is 0 Å². The fourth-order valence-corrected chi connectivity index (χ4v) is 5.50. The van der Waals surface area contributed by atoms with Crippen molar-refractivity contribution in [2.24, 2.45) is 0 Å². The number of carbonyl (C=O) groups is 2. The maximum atomic E-state index is 13.2. The number of alkyl halides is 6. The lowest BCUT2D eigenvalue weighted by Crippen LogP contribution is -2.33. The Labute approximate surface area is 255 Å². The van der Waals surface area contributed by atoms with Crippen molar-refractivity contribution in [2.45, 2.75) is 43.0 Å². The summed E-state index contributed by atoms with van der Waals surface area (Å²) in [6, 6.07) is 8.59. The van der Waals surface area contributed by atoms with E-state index in [2.05, 4.69) is 8.37 Å². The predicted octanol–water partition coefficient (Wildman–Crippen LogP) is 5.67. The fraction of sp³-hybridized carbons (Fsp3) is 0.259. The first-order chi connectivity index (χ1) is 21.0. The number of halogens is 6. The van der Waals surface area contributed by atoms with E-state index in [9.17, 15) is 52.8 Å². The molecule has 2 heterocycles. The molecule has 0 aromatic heterocycles. The molecule has 0 N–H and O–H groups in total. The Morgan fingerprint density at radius 3 is 1.63 bits per heavy atom. The van der Waals surface area contributed by atoms with E-state index in [4.69, 9.17) is 14.2 Å². The fourth-order valence-electron chi connectivity index (χ4n) is 4.60. The van der Waals surface area contributed by atoms with E-state index in [0.29, 0.717) is 12.1 Å². The number of carbonyl (C=O) groups excluding carboxylic acids is 2. The molecule has 0 saturated carbocycles. The van der Waals surface area contributed by atoms with E-state index in [1.807, 2.05) is 0 Å². The highest BCUT2D eigenvalue weighted by atomic mass is 32.2. The molecule has 0 saturated heterocycles. The van der Waals surface area contributed by atoms with E-state index in [1.165, 1.54) is 18.2 Å². The van der Waals surface area contributed by atoms with Crippen LogP contribution in [0.4, 0.5) is 26.3 Å². The molecule has 0 amide bonds. The van der Waals surface area contributed by atoms with Gasteiger partial charge in [0.25, 0.3) is 0 Å². The Morgan fingerprint density at radius 1 is 0.717 bits per heavy atom. The minimum absolute atomic E-state index is 0.0557. The predicted molar refractivity (Wildman–Crippen MR) is 141 cm³/mol. The van der Waals surface area contributed by atoms with Crippen molar-refractivity contribution < 1.29 is 75.3 Å². The van der Waals surface area contributed by atoms with Gasteiger partial charge in [0.1, 0.15) is 28.6 Å². The second-order valence-corrected chi connectivity index (χ2v) is 13.8. The second kappa shape index (κ2) is 10.2. The zero-order chi connectivity index (χ0) is 34.3. The van der Waals surface area contributed by atoms with Gasteiger partial charge in [0.2, 0.25) is 0 Å². The normalized spacial score (nSPS) is 15.6. The highest BCUT2D eigenvalue weighted by molar-refractivity contribution is 7.88. The van der Waals surface area contributed by atoms with E-state index < -0.39 is 77.4 Å². The van der Waals surface area contributed by atoms with Crippen molar-refractivity contribution in [1.29, 1.82) is 0 Å².